The molecule has 5 heteroatoms. The van der Waals surface area contributed by atoms with E-state index in [1.54, 1.807) is 0 Å². The van der Waals surface area contributed by atoms with Crippen LogP contribution in [-0.4, -0.2) is 16.1 Å². The van der Waals surface area contributed by atoms with Crippen molar-refractivity contribution in [2.45, 2.75) is 0 Å². The van der Waals surface area contributed by atoms with Crippen LogP contribution in [0.2, 0.25) is 0 Å². The van der Waals surface area contributed by atoms with Gasteiger partial charge in [-0.25, -0.2) is 5.10 Å². The van der Waals surface area contributed by atoms with E-state index in [1.165, 1.54) is 0 Å². The molecule has 0 aliphatic heterocycles. The molecule has 0 aliphatic carbocycles. The molecule has 1 heterocycles. The van der Waals surface area contributed by atoms with Gasteiger partial charge in [0.15, 0.2) is 5.69 Å². The van der Waals surface area contributed by atoms with E-state index in [-0.39, 0.29) is 5.69 Å². The van der Waals surface area contributed by atoms with Crippen LogP contribution in [0.1, 0.15) is 10.5 Å². The molecule has 1 rings (SSSR count). The number of nitrogens with two attached hydrogens (primary N) is 1. The summed E-state index contributed by atoms with van der Waals surface area (Å²) in [6.45, 7) is 0. The van der Waals surface area contributed by atoms with Crippen molar-refractivity contribution in [1.82, 2.24) is 10.2 Å². The third-order valence-corrected chi connectivity index (χ3v) is 0.807. The lowest BCUT2D eigenvalue weighted by atomic mass is 10.4. The number of hydrogen-bond acceptors (Lipinski definition) is 2. The van der Waals surface area contributed by atoms with Crippen LogP contribution in [0.5, 0.6) is 5.88 Å². The third kappa shape index (κ3) is 0.987. The molecule has 0 saturated carbocycles. The number of nitrogens with zero attached hydrogens (tertiary/aromatic N) is 1. The van der Waals surface area contributed by atoms with Crippen LogP contribution in [0, 0.1) is 0 Å². The molecule has 0 atom stereocenters. The normalized spacial score (nSPS) is 9.33. The maximum absolute atomic E-state index is 10.3. The van der Waals surface area contributed by atoms with Gasteiger partial charge in [-0.2, -0.15) is 5.10 Å². The lowest BCUT2D eigenvalue weighted by Crippen LogP contribution is -2.10. The van der Waals surface area contributed by atoms with Crippen molar-refractivity contribution in [3.63, 3.8) is 0 Å². The fourth-order valence-corrected chi connectivity index (χ4v) is 0.430. The van der Waals surface area contributed by atoms with Gasteiger partial charge in [-0.1, -0.05) is 0 Å². The van der Waals surface area contributed by atoms with Gasteiger partial charge in [-0.3, -0.25) is 9.90 Å². The van der Waals surface area contributed by atoms with E-state index >= 15 is 0 Å². The monoisotopic (exact) mass is 126 g/mol. The highest BCUT2D eigenvalue weighted by molar-refractivity contribution is 5.90. The summed E-state index contributed by atoms with van der Waals surface area (Å²) in [7, 11) is 0. The zero-order valence-electron chi connectivity index (χ0n) is 4.42. The molecule has 0 spiro atoms. The molecule has 47 valence electrons. The van der Waals surface area contributed by atoms with Crippen LogP contribution >= 0.6 is 0 Å². The number of aromatic amines is 1. The lowest BCUT2D eigenvalue weighted by molar-refractivity contribution is 0.0995. The topological polar surface area (TPSA) is 91.7 Å². The highest BCUT2D eigenvalue weighted by Crippen LogP contribution is 2.03. The molecular weight excluding hydrogens is 122 g/mol. The number of nitrogens with one attached hydrogen (secondary N) is 1. The molecular formula is C4H4N3O2. The van der Waals surface area contributed by atoms with Crippen molar-refractivity contribution < 1.29 is 9.90 Å². The van der Waals surface area contributed by atoms with E-state index in [1.807, 2.05) is 5.10 Å². The van der Waals surface area contributed by atoms with Gasteiger partial charge in [0.25, 0.3) is 11.8 Å². The van der Waals surface area contributed by atoms with Crippen LogP contribution in [-0.2, 0) is 5.11 Å². The summed E-state index contributed by atoms with van der Waals surface area (Å²) in [5.74, 6) is -1.11. The SMILES string of the molecule is NC(=O)c1cc([O])[nH]n1. The van der Waals surface area contributed by atoms with E-state index in [9.17, 15) is 9.90 Å². The summed E-state index contributed by atoms with van der Waals surface area (Å²) in [6, 6.07) is 1.04. The number of primary amides is 1. The Kier molecular flexibility index (Phi) is 1.11. The number of carbonyl (C=O) groups excluding carboxylic acids is 1. The van der Waals surface area contributed by atoms with E-state index in [4.69, 9.17) is 5.73 Å². The molecule has 1 radical (unpaired) electrons. The van der Waals surface area contributed by atoms with E-state index < -0.39 is 11.8 Å². The molecule has 0 fully saturated rings. The van der Waals surface area contributed by atoms with Gasteiger partial charge in [-0.15, -0.1) is 0 Å². The van der Waals surface area contributed by atoms with Crippen LogP contribution < -0.4 is 5.73 Å². The second kappa shape index (κ2) is 1.77. The molecule has 0 bridgehead atoms. The van der Waals surface area contributed by atoms with Gasteiger partial charge in [0.1, 0.15) is 0 Å². The number of amides is 1. The van der Waals surface area contributed by atoms with Gasteiger partial charge < -0.3 is 5.73 Å². The van der Waals surface area contributed by atoms with Gasteiger partial charge in [0.05, 0.1) is 0 Å². The lowest BCUT2D eigenvalue weighted by Gasteiger charge is -1.78. The minimum absolute atomic E-state index is 0.0278. The van der Waals surface area contributed by atoms with E-state index in [0.29, 0.717) is 0 Å². The van der Waals surface area contributed by atoms with Crippen LogP contribution in [0.4, 0.5) is 0 Å². The molecule has 3 N–H and O–H groups in total. The molecule has 0 saturated heterocycles. The van der Waals surface area contributed by atoms with Gasteiger partial charge in [0.2, 0.25) is 0 Å². The summed E-state index contributed by atoms with van der Waals surface area (Å²) in [4.78, 5) is 10.2. The molecule has 1 amide bonds. The molecule has 9 heavy (non-hydrogen) atoms. The number of rotatable bonds is 1. The number of carbonyl (C=O) groups is 1. The zero-order chi connectivity index (χ0) is 6.85. The first-order chi connectivity index (χ1) is 4.20. The quantitative estimate of drug-likeness (QED) is 0.538. The predicted molar refractivity (Wildman–Crippen MR) is 27.2 cm³/mol. The Bertz CT molecular complexity index is 229. The number of aromatic nitrogens is 2. The summed E-state index contributed by atoms with van der Waals surface area (Å²) < 4.78 is 0. The molecule has 0 unspecified atom stereocenters. The van der Waals surface area contributed by atoms with Crippen molar-refractivity contribution in [1.29, 1.82) is 0 Å². The average Bonchev–Trinajstić information content (AvgIpc) is 2.14. The zero-order valence-corrected chi connectivity index (χ0v) is 4.42. The Labute approximate surface area is 50.5 Å². The Morgan fingerprint density at radius 2 is 2.44 bits per heavy atom. The fourth-order valence-electron chi connectivity index (χ4n) is 0.430. The molecule has 0 aliphatic rings. The Morgan fingerprint density at radius 3 is 2.67 bits per heavy atom. The Hall–Kier alpha value is -1.52. The van der Waals surface area contributed by atoms with Crippen molar-refractivity contribution >= 4 is 5.91 Å². The highest BCUT2D eigenvalue weighted by Gasteiger charge is 2.04. The van der Waals surface area contributed by atoms with Crippen molar-refractivity contribution in [3.05, 3.63) is 11.8 Å². The number of H-pyrrole nitrogens is 1. The second-order valence-electron chi connectivity index (χ2n) is 1.48. The largest absolute Gasteiger partial charge is 0.364 e. The predicted octanol–water partition coefficient (Wildman–Crippen LogP) is -0.348. The molecule has 1 aromatic rings. The highest BCUT2D eigenvalue weighted by atomic mass is 16.3. The summed E-state index contributed by atoms with van der Waals surface area (Å²) >= 11 is 0. The first kappa shape index (κ1) is 5.61. The smallest absolute Gasteiger partial charge is 0.269 e. The second-order valence-corrected chi connectivity index (χ2v) is 1.48. The fraction of sp³-hybridized carbons (Fsp3) is 0. The standard InChI is InChI=1S/C4H4N3O2/c5-4(9)2-1-3(8)7-6-2/h1H,(H2,5,9)(H,6,7). The van der Waals surface area contributed by atoms with Crippen LogP contribution in [0.25, 0.3) is 0 Å². The maximum atomic E-state index is 10.3. The number of hydrogen-bond donors (Lipinski definition) is 2. The van der Waals surface area contributed by atoms with Crippen molar-refractivity contribution in [2.24, 2.45) is 5.73 Å². The molecule has 0 aromatic carbocycles. The van der Waals surface area contributed by atoms with Gasteiger partial charge in [-0.05, 0) is 0 Å². The van der Waals surface area contributed by atoms with E-state index in [0.717, 1.165) is 6.07 Å². The first-order valence-electron chi connectivity index (χ1n) is 2.22. The first-order valence-corrected chi connectivity index (χ1v) is 2.22. The Morgan fingerprint density at radius 1 is 1.78 bits per heavy atom. The maximum Gasteiger partial charge on any atom is 0.269 e. The summed E-state index contributed by atoms with van der Waals surface area (Å²) in [5, 5.41) is 15.6. The van der Waals surface area contributed by atoms with Gasteiger partial charge in [0, 0.05) is 6.07 Å². The minimum Gasteiger partial charge on any atom is -0.364 e. The summed E-state index contributed by atoms with van der Waals surface area (Å²) in [6.07, 6.45) is 0. The van der Waals surface area contributed by atoms with Gasteiger partial charge >= 0.3 is 0 Å². The molecule has 5 nitrogen and oxygen atoms in total. The van der Waals surface area contributed by atoms with Crippen molar-refractivity contribution in [2.75, 3.05) is 0 Å². The third-order valence-electron chi connectivity index (χ3n) is 0.807. The van der Waals surface area contributed by atoms with Crippen molar-refractivity contribution in [3.8, 4) is 5.88 Å². The summed E-state index contributed by atoms with van der Waals surface area (Å²) in [5.41, 5.74) is 4.74. The minimum atomic E-state index is -0.701. The molecule has 1 aromatic heterocycles. The van der Waals surface area contributed by atoms with Crippen LogP contribution in [0.3, 0.4) is 0 Å². The average molecular weight is 126 g/mol. The Balaban J connectivity index is 2.98. The van der Waals surface area contributed by atoms with Crippen LogP contribution in [0.15, 0.2) is 6.07 Å². The van der Waals surface area contributed by atoms with E-state index in [2.05, 4.69) is 5.10 Å².